The van der Waals surface area contributed by atoms with Crippen LogP contribution in [0.1, 0.15) is 38.8 Å². The topological polar surface area (TPSA) is 96.0 Å². The molecule has 1 atom stereocenters. The minimum absolute atomic E-state index is 0.0109. The molecule has 2 aromatic carbocycles. The van der Waals surface area contributed by atoms with Gasteiger partial charge in [-0.3, -0.25) is 13.9 Å². The monoisotopic (exact) mass is 557 g/mol. The lowest BCUT2D eigenvalue weighted by molar-refractivity contribution is -0.140. The van der Waals surface area contributed by atoms with Crippen molar-refractivity contribution < 1.29 is 22.7 Å². The van der Waals surface area contributed by atoms with E-state index in [1.54, 1.807) is 50.2 Å². The van der Waals surface area contributed by atoms with Crippen LogP contribution in [-0.2, 0) is 26.2 Å². The van der Waals surface area contributed by atoms with Gasteiger partial charge in [0.25, 0.3) is 0 Å². The zero-order chi connectivity index (χ0) is 27.4. The predicted octanol–water partition coefficient (Wildman–Crippen LogP) is 4.41. The van der Waals surface area contributed by atoms with Crippen molar-refractivity contribution in [2.45, 2.75) is 52.7 Å². The van der Waals surface area contributed by atoms with E-state index in [2.05, 4.69) is 5.32 Å². The van der Waals surface area contributed by atoms with Gasteiger partial charge in [0.15, 0.2) is 0 Å². The van der Waals surface area contributed by atoms with Gasteiger partial charge in [-0.15, -0.1) is 0 Å². The molecule has 0 heterocycles. The lowest BCUT2D eigenvalue weighted by Gasteiger charge is -2.33. The minimum Gasteiger partial charge on any atom is -0.495 e. The Morgan fingerprint density at radius 2 is 1.72 bits per heavy atom. The second kappa shape index (κ2) is 11.7. The quantitative estimate of drug-likeness (QED) is 0.492. The van der Waals surface area contributed by atoms with Crippen molar-refractivity contribution in [2.75, 3.05) is 24.2 Å². The highest BCUT2D eigenvalue weighted by Gasteiger charge is 2.32. The number of hydrogen-bond donors (Lipinski definition) is 1. The maximum absolute atomic E-state index is 13.7. The van der Waals surface area contributed by atoms with Gasteiger partial charge in [0, 0.05) is 12.1 Å². The highest BCUT2D eigenvalue weighted by Crippen LogP contribution is 2.31. The number of carbonyl (C=O) groups excluding carboxylic acids is 2. The molecule has 0 aromatic heterocycles. The Kier molecular flexibility index (Phi) is 9.67. The maximum Gasteiger partial charge on any atom is 0.244 e. The maximum atomic E-state index is 13.7. The van der Waals surface area contributed by atoms with Crippen molar-refractivity contribution in [3.63, 3.8) is 0 Å². The molecule has 36 heavy (non-hydrogen) atoms. The van der Waals surface area contributed by atoms with Crippen LogP contribution in [-0.4, -0.2) is 56.6 Å². The fourth-order valence-corrected chi connectivity index (χ4v) is 4.65. The zero-order valence-electron chi connectivity index (χ0n) is 21.6. The van der Waals surface area contributed by atoms with E-state index in [-0.39, 0.29) is 18.1 Å². The summed E-state index contributed by atoms with van der Waals surface area (Å²) in [4.78, 5) is 28.0. The number of nitrogens with one attached hydrogen (secondary N) is 1. The first-order valence-electron chi connectivity index (χ1n) is 11.2. The number of hydrogen-bond acceptors (Lipinski definition) is 5. The molecule has 1 N–H and O–H groups in total. The normalized spacial score (nSPS) is 12.6. The van der Waals surface area contributed by atoms with E-state index in [1.165, 1.54) is 12.0 Å². The van der Waals surface area contributed by atoms with Crippen LogP contribution in [0.25, 0.3) is 0 Å². The molecule has 0 saturated heterocycles. The lowest BCUT2D eigenvalue weighted by atomic mass is 10.1. The predicted molar refractivity (Wildman–Crippen MR) is 144 cm³/mol. The van der Waals surface area contributed by atoms with E-state index in [0.717, 1.165) is 16.1 Å². The van der Waals surface area contributed by atoms with Gasteiger partial charge in [0.2, 0.25) is 21.8 Å². The number of halogens is 2. The third-order valence-electron chi connectivity index (χ3n) is 5.28. The van der Waals surface area contributed by atoms with Crippen molar-refractivity contribution in [3.05, 3.63) is 57.6 Å². The summed E-state index contributed by atoms with van der Waals surface area (Å²) in [6.07, 6.45) is 1.01. The van der Waals surface area contributed by atoms with Crippen molar-refractivity contribution in [1.29, 1.82) is 0 Å². The Labute approximate surface area is 223 Å². The summed E-state index contributed by atoms with van der Waals surface area (Å²) < 4.78 is 31.9. The fraction of sp³-hybridized carbons (Fsp3) is 0.440. The standard InChI is InChI=1S/C25H33Cl2N3O5S/c1-16-8-11-22(35-6)21(12-16)30(36(7,33)34)15-23(31)29(17(2)24(32)28-25(3,4)5)14-18-9-10-19(26)20(27)13-18/h8-13,17H,14-15H2,1-7H3,(H,28,32). The molecule has 198 valence electrons. The number of sulfonamides is 1. The number of nitrogens with zero attached hydrogens (tertiary/aromatic N) is 2. The number of carbonyl (C=O) groups is 2. The summed E-state index contributed by atoms with van der Waals surface area (Å²) in [6, 6.07) is 9.04. The smallest absolute Gasteiger partial charge is 0.244 e. The average molecular weight is 559 g/mol. The van der Waals surface area contributed by atoms with Crippen molar-refractivity contribution >= 4 is 50.7 Å². The van der Waals surface area contributed by atoms with Gasteiger partial charge in [-0.05, 0) is 70.0 Å². The highest BCUT2D eigenvalue weighted by atomic mass is 35.5. The minimum atomic E-state index is -3.89. The Bertz CT molecular complexity index is 1230. The molecule has 0 radical (unpaired) electrons. The highest BCUT2D eigenvalue weighted by molar-refractivity contribution is 7.92. The average Bonchev–Trinajstić information content (AvgIpc) is 2.75. The molecule has 1 unspecified atom stereocenters. The van der Waals surface area contributed by atoms with Gasteiger partial charge in [-0.2, -0.15) is 0 Å². The van der Waals surface area contributed by atoms with Gasteiger partial charge >= 0.3 is 0 Å². The fourth-order valence-electron chi connectivity index (χ4n) is 3.48. The summed E-state index contributed by atoms with van der Waals surface area (Å²) in [5.74, 6) is -0.657. The molecule has 2 amide bonds. The first-order valence-corrected chi connectivity index (χ1v) is 13.8. The Hall–Kier alpha value is -2.49. The molecule has 0 aliphatic rings. The van der Waals surface area contributed by atoms with E-state index < -0.39 is 34.1 Å². The van der Waals surface area contributed by atoms with E-state index >= 15 is 0 Å². The number of aryl methyl sites for hydroxylation is 1. The van der Waals surface area contributed by atoms with Gasteiger partial charge in [-0.1, -0.05) is 35.3 Å². The summed E-state index contributed by atoms with van der Waals surface area (Å²) in [5, 5.41) is 3.52. The van der Waals surface area contributed by atoms with E-state index in [9.17, 15) is 18.0 Å². The molecular formula is C25H33Cl2N3O5S. The van der Waals surface area contributed by atoms with Gasteiger partial charge < -0.3 is 15.0 Å². The van der Waals surface area contributed by atoms with E-state index in [1.807, 2.05) is 20.8 Å². The molecular weight excluding hydrogens is 525 g/mol. The van der Waals surface area contributed by atoms with Crippen molar-refractivity contribution in [1.82, 2.24) is 10.2 Å². The SMILES string of the molecule is COc1ccc(C)cc1N(CC(=O)N(Cc1ccc(Cl)c(Cl)c1)C(C)C(=O)NC(C)(C)C)S(C)(=O)=O. The molecule has 0 aliphatic carbocycles. The first kappa shape index (κ1) is 29.7. The Balaban J connectivity index is 2.50. The second-order valence-corrected chi connectivity index (χ2v) is 12.4. The number of benzene rings is 2. The Morgan fingerprint density at radius 1 is 1.08 bits per heavy atom. The summed E-state index contributed by atoms with van der Waals surface area (Å²) in [7, 11) is -2.47. The van der Waals surface area contributed by atoms with Crippen LogP contribution in [0.4, 0.5) is 5.69 Å². The van der Waals surface area contributed by atoms with Gasteiger partial charge in [-0.25, -0.2) is 8.42 Å². The van der Waals surface area contributed by atoms with E-state index in [0.29, 0.717) is 21.4 Å². The van der Waals surface area contributed by atoms with Crippen LogP contribution >= 0.6 is 23.2 Å². The van der Waals surface area contributed by atoms with Crippen LogP contribution < -0.4 is 14.4 Å². The van der Waals surface area contributed by atoms with Gasteiger partial charge in [0.1, 0.15) is 18.3 Å². The van der Waals surface area contributed by atoms with Crippen molar-refractivity contribution in [3.8, 4) is 5.75 Å². The summed E-state index contributed by atoms with van der Waals surface area (Å²) >= 11 is 12.2. The van der Waals surface area contributed by atoms with Crippen LogP contribution in [0, 0.1) is 6.92 Å². The molecule has 0 saturated carbocycles. The molecule has 0 aliphatic heterocycles. The number of amides is 2. The molecule has 0 bridgehead atoms. The summed E-state index contributed by atoms with van der Waals surface area (Å²) in [5.41, 5.74) is 1.12. The molecule has 2 aromatic rings. The third kappa shape index (κ3) is 8.01. The van der Waals surface area contributed by atoms with Crippen LogP contribution in [0.5, 0.6) is 5.75 Å². The number of anilines is 1. The van der Waals surface area contributed by atoms with Crippen molar-refractivity contribution in [2.24, 2.45) is 0 Å². The first-order chi connectivity index (χ1) is 16.5. The molecule has 0 fully saturated rings. The summed E-state index contributed by atoms with van der Waals surface area (Å²) in [6.45, 7) is 8.37. The third-order valence-corrected chi connectivity index (χ3v) is 7.15. The molecule has 2 rings (SSSR count). The van der Waals surface area contributed by atoms with E-state index in [4.69, 9.17) is 27.9 Å². The largest absolute Gasteiger partial charge is 0.495 e. The number of methoxy groups -OCH3 is 1. The molecule has 8 nitrogen and oxygen atoms in total. The Morgan fingerprint density at radius 3 is 2.25 bits per heavy atom. The second-order valence-electron chi connectivity index (χ2n) is 9.63. The molecule has 11 heteroatoms. The number of ether oxygens (including phenoxy) is 1. The zero-order valence-corrected chi connectivity index (χ0v) is 23.9. The van der Waals surface area contributed by atoms with Crippen LogP contribution in [0.15, 0.2) is 36.4 Å². The lowest BCUT2D eigenvalue weighted by Crippen LogP contribution is -2.54. The number of rotatable bonds is 9. The van der Waals surface area contributed by atoms with Crippen LogP contribution in [0.2, 0.25) is 10.0 Å². The molecule has 0 spiro atoms. The van der Waals surface area contributed by atoms with Crippen LogP contribution in [0.3, 0.4) is 0 Å². The van der Waals surface area contributed by atoms with Gasteiger partial charge in [0.05, 0.1) is 29.1 Å².